The smallest absolute Gasteiger partial charge is 0.230 e. The number of carbonyl (C=O) groups excluding carboxylic acids is 2. The van der Waals surface area contributed by atoms with Crippen LogP contribution in [0.2, 0.25) is 0 Å². The molecule has 96 valence electrons. The first-order valence-corrected chi connectivity index (χ1v) is 6.60. The Labute approximate surface area is 115 Å². The molecule has 1 aromatic heterocycles. The number of rotatable bonds is 2. The second-order valence-corrected chi connectivity index (χ2v) is 6.27. The summed E-state index contributed by atoms with van der Waals surface area (Å²) in [7, 11) is 0. The van der Waals surface area contributed by atoms with Crippen LogP contribution in [0.15, 0.2) is 22.8 Å². The lowest BCUT2D eigenvalue weighted by molar-refractivity contribution is -0.153. The first-order valence-electron chi connectivity index (χ1n) is 5.81. The summed E-state index contributed by atoms with van der Waals surface area (Å²) in [6.07, 6.45) is 2.49. The van der Waals surface area contributed by atoms with E-state index in [1.807, 2.05) is 26.0 Å². The Morgan fingerprint density at radius 2 is 1.89 bits per heavy atom. The lowest BCUT2D eigenvalue weighted by atomic mass is 9.82. The number of pyridine rings is 1. The van der Waals surface area contributed by atoms with Crippen LogP contribution in [0.25, 0.3) is 0 Å². The summed E-state index contributed by atoms with van der Waals surface area (Å²) in [4.78, 5) is 29.4. The Morgan fingerprint density at radius 3 is 2.39 bits per heavy atom. The molecule has 4 nitrogen and oxygen atoms in total. The van der Waals surface area contributed by atoms with Gasteiger partial charge >= 0.3 is 0 Å². The molecule has 0 aliphatic carbocycles. The molecule has 1 aliphatic rings. The molecule has 18 heavy (non-hydrogen) atoms. The fraction of sp³-hybridized carbons (Fsp3) is 0.462. The van der Waals surface area contributed by atoms with Gasteiger partial charge in [0.05, 0.1) is 12.2 Å². The van der Waals surface area contributed by atoms with Crippen molar-refractivity contribution in [3.63, 3.8) is 0 Å². The minimum atomic E-state index is -0.224. The number of halogens is 1. The van der Waals surface area contributed by atoms with Gasteiger partial charge in [-0.2, -0.15) is 0 Å². The van der Waals surface area contributed by atoms with Crippen LogP contribution in [0.3, 0.4) is 0 Å². The standard InChI is InChI=1S/C13H15BrN2O2/c1-13(2)5-11(17)16(12(18)6-13)8-10-4-3-9(14)7-15-10/h3-4,7H,5-6,8H2,1-2H3. The van der Waals surface area contributed by atoms with Gasteiger partial charge in [0.15, 0.2) is 0 Å². The van der Waals surface area contributed by atoms with Crippen LogP contribution in [0, 0.1) is 5.41 Å². The highest BCUT2D eigenvalue weighted by Crippen LogP contribution is 2.32. The number of hydrogen-bond donors (Lipinski definition) is 0. The van der Waals surface area contributed by atoms with Gasteiger partial charge in [0, 0.05) is 23.5 Å². The minimum Gasteiger partial charge on any atom is -0.277 e. The molecule has 1 aliphatic heterocycles. The predicted molar refractivity (Wildman–Crippen MR) is 70.5 cm³/mol. The number of likely N-dealkylation sites (tertiary alicyclic amines) is 1. The van der Waals surface area contributed by atoms with Gasteiger partial charge in [-0.3, -0.25) is 19.5 Å². The van der Waals surface area contributed by atoms with Crippen LogP contribution >= 0.6 is 15.9 Å². The van der Waals surface area contributed by atoms with Gasteiger partial charge in [-0.1, -0.05) is 13.8 Å². The van der Waals surface area contributed by atoms with Crippen LogP contribution in [0.4, 0.5) is 0 Å². The number of amides is 2. The van der Waals surface area contributed by atoms with Gasteiger partial charge in [-0.05, 0) is 33.5 Å². The molecule has 0 saturated carbocycles. The molecular weight excluding hydrogens is 296 g/mol. The number of carbonyl (C=O) groups is 2. The third-order valence-corrected chi connectivity index (χ3v) is 3.44. The molecule has 2 rings (SSSR count). The van der Waals surface area contributed by atoms with Gasteiger partial charge in [0.1, 0.15) is 0 Å². The summed E-state index contributed by atoms with van der Waals surface area (Å²) in [6.45, 7) is 4.15. The van der Waals surface area contributed by atoms with Crippen molar-refractivity contribution >= 4 is 27.7 Å². The molecule has 0 spiro atoms. The Kier molecular flexibility index (Phi) is 3.52. The lowest BCUT2D eigenvalue weighted by Gasteiger charge is -2.34. The number of nitrogens with zero attached hydrogens (tertiary/aromatic N) is 2. The summed E-state index contributed by atoms with van der Waals surface area (Å²) in [5.74, 6) is -0.220. The van der Waals surface area contributed by atoms with Crippen molar-refractivity contribution in [2.24, 2.45) is 5.41 Å². The largest absolute Gasteiger partial charge is 0.277 e. The van der Waals surface area contributed by atoms with E-state index in [4.69, 9.17) is 0 Å². The molecular formula is C13H15BrN2O2. The molecule has 0 aromatic carbocycles. The number of imide groups is 1. The Hall–Kier alpha value is -1.23. The molecule has 2 heterocycles. The molecule has 0 radical (unpaired) electrons. The molecule has 0 bridgehead atoms. The van der Waals surface area contributed by atoms with Crippen molar-refractivity contribution in [1.29, 1.82) is 0 Å². The van der Waals surface area contributed by atoms with Crippen LogP contribution in [-0.4, -0.2) is 21.7 Å². The van der Waals surface area contributed by atoms with E-state index in [2.05, 4.69) is 20.9 Å². The maximum Gasteiger partial charge on any atom is 0.230 e. The van der Waals surface area contributed by atoms with Gasteiger partial charge in [-0.15, -0.1) is 0 Å². The molecule has 1 saturated heterocycles. The summed E-state index contributed by atoms with van der Waals surface area (Å²) < 4.78 is 0.878. The zero-order chi connectivity index (χ0) is 13.3. The van der Waals surface area contributed by atoms with Crippen LogP contribution in [0.1, 0.15) is 32.4 Å². The molecule has 1 fully saturated rings. The third kappa shape index (κ3) is 2.96. The molecule has 5 heteroatoms. The zero-order valence-corrected chi connectivity index (χ0v) is 12.0. The summed E-state index contributed by atoms with van der Waals surface area (Å²) in [6, 6.07) is 3.66. The van der Waals surface area contributed by atoms with Crippen molar-refractivity contribution in [1.82, 2.24) is 9.88 Å². The quantitative estimate of drug-likeness (QED) is 0.789. The van der Waals surface area contributed by atoms with Crippen molar-refractivity contribution in [2.45, 2.75) is 33.2 Å². The number of hydrogen-bond acceptors (Lipinski definition) is 3. The first kappa shape index (κ1) is 13.2. The van der Waals surface area contributed by atoms with E-state index in [1.165, 1.54) is 4.90 Å². The summed E-state index contributed by atoms with van der Waals surface area (Å²) in [5.41, 5.74) is 0.497. The Bertz CT molecular complexity index is 462. The first-order chi connectivity index (χ1) is 8.37. The van der Waals surface area contributed by atoms with Crippen molar-refractivity contribution in [2.75, 3.05) is 0 Å². The summed E-state index contributed by atoms with van der Waals surface area (Å²) >= 11 is 3.30. The fourth-order valence-electron chi connectivity index (χ4n) is 2.05. The lowest BCUT2D eigenvalue weighted by Crippen LogP contribution is -2.45. The van der Waals surface area contributed by atoms with E-state index in [0.29, 0.717) is 12.8 Å². The molecule has 0 unspecified atom stereocenters. The average Bonchev–Trinajstić information content (AvgIpc) is 2.24. The maximum atomic E-state index is 12.0. The van der Waals surface area contributed by atoms with Crippen molar-refractivity contribution in [3.05, 3.63) is 28.5 Å². The molecule has 2 amide bonds. The van der Waals surface area contributed by atoms with Crippen molar-refractivity contribution < 1.29 is 9.59 Å². The topological polar surface area (TPSA) is 50.3 Å². The van der Waals surface area contributed by atoms with Crippen molar-refractivity contribution in [3.8, 4) is 0 Å². The average molecular weight is 311 g/mol. The van der Waals surface area contributed by atoms with E-state index < -0.39 is 0 Å². The SMILES string of the molecule is CC1(C)CC(=O)N(Cc2ccc(Br)cn2)C(=O)C1. The molecule has 1 aromatic rings. The second kappa shape index (κ2) is 4.80. The summed E-state index contributed by atoms with van der Waals surface area (Å²) in [5, 5.41) is 0. The number of aromatic nitrogens is 1. The van der Waals surface area contributed by atoms with E-state index in [0.717, 1.165) is 10.2 Å². The zero-order valence-electron chi connectivity index (χ0n) is 10.4. The molecule has 0 N–H and O–H groups in total. The fourth-order valence-corrected chi connectivity index (χ4v) is 2.28. The number of piperidine rings is 1. The third-order valence-electron chi connectivity index (χ3n) is 2.97. The minimum absolute atomic E-state index is 0.110. The highest BCUT2D eigenvalue weighted by molar-refractivity contribution is 9.10. The molecule has 0 atom stereocenters. The normalized spacial score (nSPS) is 19.2. The van der Waals surface area contributed by atoms with E-state index in [-0.39, 0.29) is 23.8 Å². The highest BCUT2D eigenvalue weighted by atomic mass is 79.9. The van der Waals surface area contributed by atoms with E-state index >= 15 is 0 Å². The van der Waals surface area contributed by atoms with Gasteiger partial charge in [0.2, 0.25) is 11.8 Å². The predicted octanol–water partition coefficient (Wildman–Crippen LogP) is 2.52. The maximum absolute atomic E-state index is 12.0. The highest BCUT2D eigenvalue weighted by Gasteiger charge is 2.37. The second-order valence-electron chi connectivity index (χ2n) is 5.36. The van der Waals surface area contributed by atoms with Crippen LogP contribution in [-0.2, 0) is 16.1 Å². The Balaban J connectivity index is 2.12. The van der Waals surface area contributed by atoms with Gasteiger partial charge in [-0.25, -0.2) is 0 Å². The van der Waals surface area contributed by atoms with E-state index in [1.54, 1.807) is 6.20 Å². The Morgan fingerprint density at radius 1 is 1.28 bits per heavy atom. The van der Waals surface area contributed by atoms with Crippen LogP contribution in [0.5, 0.6) is 0 Å². The van der Waals surface area contributed by atoms with E-state index in [9.17, 15) is 9.59 Å². The van der Waals surface area contributed by atoms with Gasteiger partial charge in [0.25, 0.3) is 0 Å². The van der Waals surface area contributed by atoms with Crippen LogP contribution < -0.4 is 0 Å². The monoisotopic (exact) mass is 310 g/mol. The van der Waals surface area contributed by atoms with Gasteiger partial charge < -0.3 is 0 Å².